The molecule has 0 unspecified atom stereocenters. The molecule has 0 atom stereocenters. The highest BCUT2D eigenvalue weighted by atomic mass is 16.3. The van der Waals surface area contributed by atoms with E-state index in [1.165, 1.54) is 0 Å². The number of pyridine rings is 2. The van der Waals surface area contributed by atoms with E-state index in [1.54, 1.807) is 12.1 Å². The van der Waals surface area contributed by atoms with Gasteiger partial charge in [0, 0.05) is 12.1 Å². The molecule has 0 saturated heterocycles. The Bertz CT molecular complexity index is 817. The number of aromatic nitrogens is 2. The minimum absolute atomic E-state index is 0.248. The predicted octanol–water partition coefficient (Wildman–Crippen LogP) is 0.781. The van der Waals surface area contributed by atoms with E-state index in [2.05, 4.69) is 9.97 Å². The van der Waals surface area contributed by atoms with Crippen LogP contribution in [-0.4, -0.2) is 20.2 Å². The van der Waals surface area contributed by atoms with E-state index in [-0.39, 0.29) is 11.5 Å². The first-order valence-electron chi connectivity index (χ1n) is 5.17. The van der Waals surface area contributed by atoms with E-state index in [0.29, 0.717) is 21.8 Å². The van der Waals surface area contributed by atoms with Crippen LogP contribution in [-0.2, 0) is 0 Å². The molecule has 0 aliphatic heterocycles. The Balaban J connectivity index is 2.69. The Kier molecular flexibility index (Phi) is 1.94. The zero-order valence-electron chi connectivity index (χ0n) is 9.02. The summed E-state index contributed by atoms with van der Waals surface area (Å²) in [4.78, 5) is 27.6. The quantitative estimate of drug-likeness (QED) is 0.438. The molecule has 0 aliphatic carbocycles. The van der Waals surface area contributed by atoms with Crippen LogP contribution in [0.4, 0.5) is 0 Å². The van der Waals surface area contributed by atoms with Gasteiger partial charge in [-0.2, -0.15) is 0 Å². The first-order valence-corrected chi connectivity index (χ1v) is 5.17. The summed E-state index contributed by atoms with van der Waals surface area (Å²) in [6.07, 6.45) is 0. The number of rotatable bonds is 0. The van der Waals surface area contributed by atoms with Gasteiger partial charge in [0.05, 0.1) is 21.8 Å². The molecule has 2 aromatic heterocycles. The number of H-pyrrole nitrogens is 2. The minimum atomic E-state index is -0.441. The number of aromatic amines is 2. The fraction of sp³-hybridized carbons (Fsp3) is 0. The third kappa shape index (κ3) is 1.36. The summed E-state index contributed by atoms with van der Waals surface area (Å²) in [5.74, 6) is -0.497. The Morgan fingerprint density at radius 2 is 1.17 bits per heavy atom. The van der Waals surface area contributed by atoms with Crippen molar-refractivity contribution in [2.24, 2.45) is 0 Å². The van der Waals surface area contributed by atoms with Crippen molar-refractivity contribution in [3.05, 3.63) is 45.0 Å². The van der Waals surface area contributed by atoms with Gasteiger partial charge in [0.1, 0.15) is 11.5 Å². The van der Waals surface area contributed by atoms with Crippen LogP contribution in [0.5, 0.6) is 11.5 Å². The molecule has 6 heteroatoms. The average molecular weight is 244 g/mol. The van der Waals surface area contributed by atoms with Gasteiger partial charge < -0.3 is 20.2 Å². The van der Waals surface area contributed by atoms with Gasteiger partial charge in [0.15, 0.2) is 0 Å². The van der Waals surface area contributed by atoms with Crippen LogP contribution in [0.15, 0.2) is 33.9 Å². The van der Waals surface area contributed by atoms with Gasteiger partial charge in [-0.1, -0.05) is 0 Å². The van der Waals surface area contributed by atoms with E-state index in [0.717, 1.165) is 12.1 Å². The van der Waals surface area contributed by atoms with Gasteiger partial charge in [-0.05, 0) is 12.1 Å². The van der Waals surface area contributed by atoms with Gasteiger partial charge in [0.2, 0.25) is 0 Å². The van der Waals surface area contributed by atoms with Crippen LogP contribution in [0.1, 0.15) is 0 Å². The van der Waals surface area contributed by atoms with Crippen LogP contribution in [0.2, 0.25) is 0 Å². The monoisotopic (exact) mass is 244 g/mol. The second-order valence-electron chi connectivity index (χ2n) is 3.95. The Morgan fingerprint density at radius 1 is 0.778 bits per heavy atom. The molecular formula is C12H8N2O4. The fourth-order valence-corrected chi connectivity index (χ4v) is 2.07. The standard InChI is InChI=1S/C12H8N2O4/c15-7-3-9(17)13-5-1-2-6-12(11(5)7)8(16)4-10(18)14-6/h1-4H,(H2,13,15,17)(H2,14,16,18). The molecular weight excluding hydrogens is 236 g/mol. The van der Waals surface area contributed by atoms with Crippen molar-refractivity contribution in [3.63, 3.8) is 0 Å². The largest absolute Gasteiger partial charge is 0.507 e. The van der Waals surface area contributed by atoms with Crippen molar-refractivity contribution in [2.75, 3.05) is 0 Å². The molecule has 18 heavy (non-hydrogen) atoms. The van der Waals surface area contributed by atoms with Crippen LogP contribution < -0.4 is 11.1 Å². The van der Waals surface area contributed by atoms with Gasteiger partial charge in [0.25, 0.3) is 11.1 Å². The van der Waals surface area contributed by atoms with E-state index >= 15 is 0 Å². The number of benzene rings is 1. The molecule has 1 aromatic carbocycles. The molecule has 3 aromatic rings. The zero-order chi connectivity index (χ0) is 12.9. The zero-order valence-corrected chi connectivity index (χ0v) is 9.02. The minimum Gasteiger partial charge on any atom is -0.507 e. The van der Waals surface area contributed by atoms with Gasteiger partial charge in [-0.15, -0.1) is 0 Å². The highest BCUT2D eigenvalue weighted by molar-refractivity contribution is 6.10. The van der Waals surface area contributed by atoms with E-state index in [9.17, 15) is 19.8 Å². The lowest BCUT2D eigenvalue weighted by Gasteiger charge is -2.06. The Hall–Kier alpha value is -2.76. The third-order valence-electron chi connectivity index (χ3n) is 2.77. The van der Waals surface area contributed by atoms with Crippen molar-refractivity contribution < 1.29 is 10.2 Å². The second-order valence-corrected chi connectivity index (χ2v) is 3.95. The number of fused-ring (bicyclic) bond motifs is 3. The molecule has 3 rings (SSSR count). The molecule has 0 aliphatic rings. The normalized spacial score (nSPS) is 11.1. The smallest absolute Gasteiger partial charge is 0.252 e. The summed E-state index contributed by atoms with van der Waals surface area (Å²) in [6, 6.07) is 5.14. The summed E-state index contributed by atoms with van der Waals surface area (Å²) in [5.41, 5.74) is -0.115. The summed E-state index contributed by atoms with van der Waals surface area (Å²) in [6.45, 7) is 0. The SMILES string of the molecule is O=c1cc(O)c2c(ccc3[nH]c(=O)cc(O)c32)[nH]1. The first-order chi connectivity index (χ1) is 8.56. The third-order valence-corrected chi connectivity index (χ3v) is 2.77. The van der Waals surface area contributed by atoms with Crippen LogP contribution >= 0.6 is 0 Å². The van der Waals surface area contributed by atoms with Crippen LogP contribution in [0.25, 0.3) is 21.8 Å². The molecule has 4 N–H and O–H groups in total. The van der Waals surface area contributed by atoms with Crippen molar-refractivity contribution in [1.29, 1.82) is 0 Å². The van der Waals surface area contributed by atoms with Gasteiger partial charge >= 0.3 is 0 Å². The maximum absolute atomic E-state index is 11.2. The lowest BCUT2D eigenvalue weighted by Crippen LogP contribution is -2.06. The average Bonchev–Trinajstić information content (AvgIpc) is 2.28. The number of hydrogen-bond acceptors (Lipinski definition) is 4. The topological polar surface area (TPSA) is 106 Å². The van der Waals surface area contributed by atoms with E-state index in [1.807, 2.05) is 0 Å². The molecule has 0 saturated carbocycles. The molecule has 0 spiro atoms. The van der Waals surface area contributed by atoms with Crippen LogP contribution in [0, 0.1) is 0 Å². The van der Waals surface area contributed by atoms with E-state index in [4.69, 9.17) is 0 Å². The summed E-state index contributed by atoms with van der Waals surface area (Å²) < 4.78 is 0. The highest BCUT2D eigenvalue weighted by Crippen LogP contribution is 2.33. The predicted molar refractivity (Wildman–Crippen MR) is 66.0 cm³/mol. The fourth-order valence-electron chi connectivity index (χ4n) is 2.07. The molecule has 0 bridgehead atoms. The number of hydrogen-bond donors (Lipinski definition) is 4. The van der Waals surface area contributed by atoms with Crippen LogP contribution in [0.3, 0.4) is 0 Å². The molecule has 6 nitrogen and oxygen atoms in total. The summed E-state index contributed by atoms with van der Waals surface area (Å²) in [7, 11) is 0. The lowest BCUT2D eigenvalue weighted by atomic mass is 10.1. The second kappa shape index (κ2) is 3.36. The maximum atomic E-state index is 11.2. The Morgan fingerprint density at radius 3 is 1.56 bits per heavy atom. The summed E-state index contributed by atoms with van der Waals surface area (Å²) >= 11 is 0. The summed E-state index contributed by atoms with van der Waals surface area (Å²) in [5, 5.41) is 20.2. The molecule has 0 radical (unpaired) electrons. The van der Waals surface area contributed by atoms with Crippen molar-refractivity contribution in [2.45, 2.75) is 0 Å². The first kappa shape index (κ1) is 10.4. The highest BCUT2D eigenvalue weighted by Gasteiger charge is 2.11. The molecule has 90 valence electrons. The number of aromatic hydroxyl groups is 2. The van der Waals surface area contributed by atoms with Gasteiger partial charge in [-0.3, -0.25) is 9.59 Å². The van der Waals surface area contributed by atoms with Gasteiger partial charge in [-0.25, -0.2) is 0 Å². The van der Waals surface area contributed by atoms with Crippen molar-refractivity contribution >= 4 is 21.8 Å². The maximum Gasteiger partial charge on any atom is 0.252 e. The lowest BCUT2D eigenvalue weighted by molar-refractivity contribution is 0.476. The van der Waals surface area contributed by atoms with E-state index < -0.39 is 11.1 Å². The molecule has 0 fully saturated rings. The molecule has 0 amide bonds. The number of nitrogens with one attached hydrogen (secondary N) is 2. The molecule has 2 heterocycles. The van der Waals surface area contributed by atoms with Crippen molar-refractivity contribution in [3.8, 4) is 11.5 Å². The van der Waals surface area contributed by atoms with Crippen molar-refractivity contribution in [1.82, 2.24) is 9.97 Å². The Labute approximate surface area is 99.1 Å².